The van der Waals surface area contributed by atoms with E-state index in [1.807, 2.05) is 39.8 Å². The summed E-state index contributed by atoms with van der Waals surface area (Å²) >= 11 is 0. The van der Waals surface area contributed by atoms with Gasteiger partial charge in [-0.25, -0.2) is 0 Å². The summed E-state index contributed by atoms with van der Waals surface area (Å²) in [4.78, 5) is 0. The van der Waals surface area contributed by atoms with Gasteiger partial charge in [-0.3, -0.25) is 0 Å². The van der Waals surface area contributed by atoms with Crippen molar-refractivity contribution in [3.05, 3.63) is 17.7 Å². The number of methoxy groups -OCH3 is 2. The molecule has 0 radical (unpaired) electrons. The number of hydrogen-bond acceptors (Lipinski definition) is 5. The molecule has 0 N–H and O–H groups in total. The number of rotatable bonds is 9. The highest BCUT2D eigenvalue weighted by Gasteiger charge is 2.45. The molecular weight excluding hydrogens is 288 g/mol. The summed E-state index contributed by atoms with van der Waals surface area (Å²) in [5.41, 5.74) is 0.959. The Morgan fingerprint density at radius 3 is 1.76 bits per heavy atom. The zero-order valence-corrected chi connectivity index (χ0v) is 14.8. The number of benzene rings is 1. The van der Waals surface area contributed by atoms with E-state index in [0.29, 0.717) is 25.6 Å². The molecule has 0 aliphatic heterocycles. The van der Waals surface area contributed by atoms with Gasteiger partial charge in [0.15, 0.2) is 0 Å². The first-order valence-electron chi connectivity index (χ1n) is 7.23. The van der Waals surface area contributed by atoms with E-state index in [1.165, 1.54) is 0 Å². The van der Waals surface area contributed by atoms with Crippen molar-refractivity contribution < 1.29 is 22.8 Å². The lowest BCUT2D eigenvalue weighted by molar-refractivity contribution is 0.0856. The molecule has 6 heteroatoms. The summed E-state index contributed by atoms with van der Waals surface area (Å²) < 4.78 is 28.7. The Balaban J connectivity index is 3.46. The van der Waals surface area contributed by atoms with Crippen LogP contribution in [0.15, 0.2) is 12.1 Å². The lowest BCUT2D eigenvalue weighted by Crippen LogP contribution is -2.57. The van der Waals surface area contributed by atoms with E-state index < -0.39 is 8.80 Å². The van der Waals surface area contributed by atoms with Gasteiger partial charge < -0.3 is 22.8 Å². The third kappa shape index (κ3) is 3.97. The quantitative estimate of drug-likeness (QED) is 0.654. The molecule has 21 heavy (non-hydrogen) atoms. The van der Waals surface area contributed by atoms with Crippen LogP contribution in [0.1, 0.15) is 26.3 Å². The van der Waals surface area contributed by atoms with E-state index >= 15 is 0 Å². The molecule has 0 aliphatic rings. The minimum Gasteiger partial charge on any atom is -0.497 e. The van der Waals surface area contributed by atoms with Crippen molar-refractivity contribution in [3.63, 3.8) is 0 Å². The molecule has 0 saturated heterocycles. The fraction of sp³-hybridized carbons (Fsp3) is 0.600. The minimum atomic E-state index is -2.97. The summed E-state index contributed by atoms with van der Waals surface area (Å²) in [7, 11) is 0.288. The van der Waals surface area contributed by atoms with Crippen LogP contribution < -0.4 is 14.7 Å². The molecule has 120 valence electrons. The monoisotopic (exact) mass is 314 g/mol. The van der Waals surface area contributed by atoms with Crippen molar-refractivity contribution in [2.75, 3.05) is 34.0 Å². The van der Waals surface area contributed by atoms with Crippen molar-refractivity contribution in [2.24, 2.45) is 0 Å². The molecule has 0 fully saturated rings. The maximum absolute atomic E-state index is 5.96. The van der Waals surface area contributed by atoms with Gasteiger partial charge in [-0.05, 0) is 39.3 Å². The summed E-state index contributed by atoms with van der Waals surface area (Å²) in [6, 6.07) is 3.77. The summed E-state index contributed by atoms with van der Waals surface area (Å²) in [6.45, 7) is 9.35. The summed E-state index contributed by atoms with van der Waals surface area (Å²) in [6.07, 6.45) is 0. The van der Waals surface area contributed by atoms with Gasteiger partial charge in [0.1, 0.15) is 11.5 Å². The van der Waals surface area contributed by atoms with Gasteiger partial charge in [-0.1, -0.05) is 0 Å². The molecule has 0 aliphatic carbocycles. The average Bonchev–Trinajstić information content (AvgIpc) is 2.48. The van der Waals surface area contributed by atoms with Crippen molar-refractivity contribution in [2.45, 2.75) is 27.7 Å². The van der Waals surface area contributed by atoms with Crippen LogP contribution in [0.5, 0.6) is 11.5 Å². The molecule has 0 aromatic heterocycles. The van der Waals surface area contributed by atoms with Gasteiger partial charge in [-0.15, -0.1) is 0 Å². The van der Waals surface area contributed by atoms with Gasteiger partial charge >= 0.3 is 8.80 Å². The second-order valence-corrected chi connectivity index (χ2v) is 6.87. The Morgan fingerprint density at radius 2 is 1.38 bits per heavy atom. The van der Waals surface area contributed by atoms with Crippen LogP contribution in [0.4, 0.5) is 0 Å². The van der Waals surface area contributed by atoms with Crippen LogP contribution in [0.2, 0.25) is 0 Å². The first-order chi connectivity index (χ1) is 10.1. The highest BCUT2D eigenvalue weighted by molar-refractivity contribution is 6.76. The molecule has 0 amide bonds. The predicted molar refractivity (Wildman–Crippen MR) is 84.5 cm³/mol. The Labute approximate surface area is 128 Å². The molecule has 0 bridgehead atoms. The summed E-state index contributed by atoms with van der Waals surface area (Å²) in [5, 5.41) is 0.893. The van der Waals surface area contributed by atoms with Gasteiger partial charge in [0.2, 0.25) is 0 Å². The van der Waals surface area contributed by atoms with Crippen LogP contribution in [-0.4, -0.2) is 42.8 Å². The molecule has 1 aromatic rings. The lowest BCUT2D eigenvalue weighted by atomic mass is 10.2. The minimum absolute atomic E-state index is 0.519. The molecule has 0 spiro atoms. The van der Waals surface area contributed by atoms with Crippen LogP contribution in [-0.2, 0) is 13.3 Å². The van der Waals surface area contributed by atoms with Crippen molar-refractivity contribution in [1.82, 2.24) is 0 Å². The van der Waals surface area contributed by atoms with Crippen molar-refractivity contribution in [1.29, 1.82) is 0 Å². The third-order valence-electron chi connectivity index (χ3n) is 3.12. The topological polar surface area (TPSA) is 46.2 Å². The Hall–Kier alpha value is -1.08. The number of hydrogen-bond donors (Lipinski definition) is 0. The Morgan fingerprint density at radius 1 is 0.857 bits per heavy atom. The molecule has 1 aromatic carbocycles. The molecule has 5 nitrogen and oxygen atoms in total. The van der Waals surface area contributed by atoms with Crippen LogP contribution in [0.25, 0.3) is 0 Å². The standard InChI is InChI=1S/C15H26O5Si/c1-7-18-21(19-8-2,20-9-3)15-11-13(16-5)10-14(17-6)12(15)4/h10-11H,7-9H2,1-6H3. The van der Waals surface area contributed by atoms with Crippen LogP contribution >= 0.6 is 0 Å². The zero-order valence-electron chi connectivity index (χ0n) is 13.8. The fourth-order valence-electron chi connectivity index (χ4n) is 2.24. The highest BCUT2D eigenvalue weighted by atomic mass is 28.4. The van der Waals surface area contributed by atoms with Crippen LogP contribution in [0.3, 0.4) is 0 Å². The predicted octanol–water partition coefficient (Wildman–Crippen LogP) is 2.27. The van der Waals surface area contributed by atoms with E-state index in [9.17, 15) is 0 Å². The van der Waals surface area contributed by atoms with E-state index in [-0.39, 0.29) is 0 Å². The molecule has 0 heterocycles. The lowest BCUT2D eigenvalue weighted by Gasteiger charge is -2.30. The second-order valence-electron chi connectivity index (χ2n) is 4.36. The number of ether oxygens (including phenoxy) is 2. The smallest absolute Gasteiger partial charge is 0.497 e. The van der Waals surface area contributed by atoms with Gasteiger partial charge in [0.05, 0.1) is 14.2 Å². The third-order valence-corrected chi connectivity index (χ3v) is 6.31. The van der Waals surface area contributed by atoms with Gasteiger partial charge in [0.25, 0.3) is 0 Å². The van der Waals surface area contributed by atoms with Crippen molar-refractivity contribution >= 4 is 14.0 Å². The maximum atomic E-state index is 5.96. The van der Waals surface area contributed by atoms with E-state index in [4.69, 9.17) is 22.8 Å². The van der Waals surface area contributed by atoms with E-state index in [0.717, 1.165) is 16.5 Å². The Bertz CT molecular complexity index is 433. The van der Waals surface area contributed by atoms with Crippen LogP contribution in [0, 0.1) is 6.92 Å². The zero-order chi connectivity index (χ0) is 15.9. The molecule has 1 rings (SSSR count). The normalized spacial score (nSPS) is 11.5. The average molecular weight is 314 g/mol. The first-order valence-corrected chi connectivity index (χ1v) is 8.95. The maximum Gasteiger partial charge on any atom is 0.537 e. The molecule has 0 atom stereocenters. The largest absolute Gasteiger partial charge is 0.537 e. The fourth-order valence-corrected chi connectivity index (χ4v) is 5.00. The summed E-state index contributed by atoms with van der Waals surface area (Å²) in [5.74, 6) is 1.43. The molecule has 0 saturated carbocycles. The molecular formula is C15H26O5Si. The highest BCUT2D eigenvalue weighted by Crippen LogP contribution is 2.26. The van der Waals surface area contributed by atoms with E-state index in [1.54, 1.807) is 14.2 Å². The van der Waals surface area contributed by atoms with Gasteiger partial charge in [-0.2, -0.15) is 0 Å². The van der Waals surface area contributed by atoms with E-state index in [2.05, 4.69) is 0 Å². The molecule has 0 unspecified atom stereocenters. The second kappa shape index (κ2) is 8.38. The first kappa shape index (κ1) is 18.0. The van der Waals surface area contributed by atoms with Gasteiger partial charge in [0, 0.05) is 31.1 Å². The van der Waals surface area contributed by atoms with Crippen molar-refractivity contribution in [3.8, 4) is 11.5 Å². The SMILES string of the molecule is CCO[Si](OCC)(OCC)c1cc(OC)cc(OC)c1C. The Kier molecular flexibility index (Phi) is 7.17.